The van der Waals surface area contributed by atoms with E-state index in [-0.39, 0.29) is 12.5 Å². The van der Waals surface area contributed by atoms with Crippen LogP contribution in [0.3, 0.4) is 0 Å². The number of aliphatic hydroxyl groups is 1. The number of aromatic nitrogens is 3. The maximum atomic E-state index is 9.54. The lowest BCUT2D eigenvalue weighted by molar-refractivity contribution is 0.272. The van der Waals surface area contributed by atoms with Gasteiger partial charge in [0.15, 0.2) is 0 Å². The molecule has 0 saturated heterocycles. The lowest BCUT2D eigenvalue weighted by atomic mass is 10.1. The van der Waals surface area contributed by atoms with Gasteiger partial charge in [-0.15, -0.1) is 0 Å². The molecule has 1 aromatic carbocycles. The van der Waals surface area contributed by atoms with E-state index in [1.165, 1.54) is 0 Å². The van der Waals surface area contributed by atoms with Crippen molar-refractivity contribution in [3.8, 4) is 10.6 Å². The predicted molar refractivity (Wildman–Crippen MR) is 76.3 cm³/mol. The summed E-state index contributed by atoms with van der Waals surface area (Å²) in [6.45, 7) is 4.11. The highest BCUT2D eigenvalue weighted by molar-refractivity contribution is 7.19. The number of hydrogen-bond donors (Lipinski definition) is 1. The Morgan fingerprint density at radius 2 is 2.00 bits per heavy atom. The highest BCUT2D eigenvalue weighted by Gasteiger charge is 2.18. The zero-order valence-corrected chi connectivity index (χ0v) is 11.7. The molecule has 0 aliphatic heterocycles. The summed E-state index contributed by atoms with van der Waals surface area (Å²) in [5, 5.41) is 15.0. The summed E-state index contributed by atoms with van der Waals surface area (Å²) in [5.41, 5.74) is 2.80. The van der Waals surface area contributed by atoms with Gasteiger partial charge in [0.1, 0.15) is 5.01 Å². The molecule has 0 saturated carbocycles. The van der Waals surface area contributed by atoms with Gasteiger partial charge in [-0.2, -0.15) is 5.10 Å². The topological polar surface area (TPSA) is 50.4 Å². The first-order valence-electron chi connectivity index (χ1n) is 6.25. The lowest BCUT2D eigenvalue weighted by Crippen LogP contribution is -1.99. The average molecular weight is 273 g/mol. The quantitative estimate of drug-likeness (QED) is 0.798. The predicted octanol–water partition coefficient (Wildman–Crippen LogP) is 3.07. The molecule has 0 fully saturated rings. The molecule has 19 heavy (non-hydrogen) atoms. The van der Waals surface area contributed by atoms with E-state index in [0.29, 0.717) is 0 Å². The molecule has 0 atom stereocenters. The summed E-state index contributed by atoms with van der Waals surface area (Å²) >= 11 is 1.55. The van der Waals surface area contributed by atoms with E-state index in [4.69, 9.17) is 0 Å². The van der Waals surface area contributed by atoms with Gasteiger partial charge >= 0.3 is 0 Å². The molecule has 1 N–H and O–H groups in total. The van der Waals surface area contributed by atoms with Gasteiger partial charge in [0.2, 0.25) is 4.96 Å². The van der Waals surface area contributed by atoms with Crippen molar-refractivity contribution in [3.63, 3.8) is 0 Å². The van der Waals surface area contributed by atoms with Crippen LogP contribution in [0.5, 0.6) is 0 Å². The standard InChI is InChI=1S/C14H15N3OS/c1-9(2)12-11(8-18)17-14(15-12)19-13(16-17)10-6-4-3-5-7-10/h3-7,9,18H,8H2,1-2H3. The zero-order chi connectivity index (χ0) is 13.4. The molecule has 0 unspecified atom stereocenters. The molecule has 0 bridgehead atoms. The van der Waals surface area contributed by atoms with Crippen LogP contribution in [0.4, 0.5) is 0 Å². The molecular formula is C14H15N3OS. The molecule has 0 radical (unpaired) electrons. The molecule has 3 aromatic rings. The number of rotatable bonds is 3. The first-order valence-corrected chi connectivity index (χ1v) is 7.07. The number of aliphatic hydroxyl groups excluding tert-OH is 1. The maximum Gasteiger partial charge on any atom is 0.213 e. The van der Waals surface area contributed by atoms with E-state index in [1.54, 1.807) is 15.9 Å². The summed E-state index contributed by atoms with van der Waals surface area (Å²) in [4.78, 5) is 5.43. The van der Waals surface area contributed by atoms with Crippen LogP contribution < -0.4 is 0 Å². The average Bonchev–Trinajstić information content (AvgIpc) is 2.96. The SMILES string of the molecule is CC(C)c1nc2sc(-c3ccccc3)nn2c1CO. The van der Waals surface area contributed by atoms with Crippen LogP contribution in [0.1, 0.15) is 31.2 Å². The summed E-state index contributed by atoms with van der Waals surface area (Å²) in [5.74, 6) is 0.288. The second-order valence-corrected chi connectivity index (χ2v) is 5.68. The largest absolute Gasteiger partial charge is 0.390 e. The van der Waals surface area contributed by atoms with Crippen LogP contribution in [-0.2, 0) is 6.61 Å². The fourth-order valence-electron chi connectivity index (χ4n) is 2.11. The third-order valence-corrected chi connectivity index (χ3v) is 4.00. The van der Waals surface area contributed by atoms with Crippen molar-refractivity contribution in [2.45, 2.75) is 26.4 Å². The van der Waals surface area contributed by atoms with Crippen LogP contribution in [0.15, 0.2) is 30.3 Å². The van der Waals surface area contributed by atoms with E-state index < -0.39 is 0 Å². The number of fused-ring (bicyclic) bond motifs is 1. The van der Waals surface area contributed by atoms with E-state index in [1.807, 2.05) is 30.3 Å². The van der Waals surface area contributed by atoms with Crippen molar-refractivity contribution in [2.75, 3.05) is 0 Å². The second kappa shape index (κ2) is 4.75. The zero-order valence-electron chi connectivity index (χ0n) is 10.9. The second-order valence-electron chi connectivity index (χ2n) is 4.72. The summed E-state index contributed by atoms with van der Waals surface area (Å²) in [6, 6.07) is 10.0. The molecule has 98 valence electrons. The summed E-state index contributed by atoms with van der Waals surface area (Å²) < 4.78 is 1.77. The molecule has 0 aliphatic rings. The molecule has 0 amide bonds. The molecule has 4 nitrogen and oxygen atoms in total. The number of nitrogens with zero attached hydrogens (tertiary/aromatic N) is 3. The van der Waals surface area contributed by atoms with E-state index in [2.05, 4.69) is 23.9 Å². The van der Waals surface area contributed by atoms with Crippen LogP contribution in [0, 0.1) is 0 Å². The minimum absolute atomic E-state index is 0.0351. The molecule has 2 aromatic heterocycles. The first-order chi connectivity index (χ1) is 9.20. The van der Waals surface area contributed by atoms with E-state index >= 15 is 0 Å². The Morgan fingerprint density at radius 1 is 1.26 bits per heavy atom. The van der Waals surface area contributed by atoms with Crippen molar-refractivity contribution in [1.82, 2.24) is 14.6 Å². The van der Waals surface area contributed by atoms with Gasteiger partial charge in [0.05, 0.1) is 18.0 Å². The van der Waals surface area contributed by atoms with Crippen molar-refractivity contribution < 1.29 is 5.11 Å². The Hall–Kier alpha value is -1.72. The highest BCUT2D eigenvalue weighted by atomic mass is 32.1. The lowest BCUT2D eigenvalue weighted by Gasteiger charge is -2.02. The molecule has 0 aliphatic carbocycles. The minimum Gasteiger partial charge on any atom is -0.390 e. The smallest absolute Gasteiger partial charge is 0.213 e. The summed E-state index contributed by atoms with van der Waals surface area (Å²) in [7, 11) is 0. The molecule has 2 heterocycles. The van der Waals surface area contributed by atoms with Gasteiger partial charge in [-0.3, -0.25) is 0 Å². The Labute approximate surface area is 115 Å². The number of hydrogen-bond acceptors (Lipinski definition) is 4. The van der Waals surface area contributed by atoms with Crippen molar-refractivity contribution in [2.24, 2.45) is 0 Å². The first kappa shape index (κ1) is 12.3. The van der Waals surface area contributed by atoms with Crippen molar-refractivity contribution in [1.29, 1.82) is 0 Å². The molecule has 0 spiro atoms. The van der Waals surface area contributed by atoms with Gasteiger partial charge in [0.25, 0.3) is 0 Å². The van der Waals surface area contributed by atoms with Crippen LogP contribution >= 0.6 is 11.3 Å². The van der Waals surface area contributed by atoms with E-state index in [0.717, 1.165) is 26.9 Å². The Kier molecular flexibility index (Phi) is 3.08. The van der Waals surface area contributed by atoms with Crippen LogP contribution in [0.2, 0.25) is 0 Å². The Bertz CT molecular complexity index is 700. The number of imidazole rings is 1. The molecular weight excluding hydrogens is 258 g/mol. The van der Waals surface area contributed by atoms with Crippen LogP contribution in [0.25, 0.3) is 15.5 Å². The third-order valence-electron chi connectivity index (χ3n) is 3.04. The summed E-state index contributed by atoms with van der Waals surface area (Å²) in [6.07, 6.45) is 0. The maximum absolute atomic E-state index is 9.54. The minimum atomic E-state index is -0.0351. The third kappa shape index (κ3) is 2.05. The van der Waals surface area contributed by atoms with Gasteiger partial charge in [-0.05, 0) is 5.92 Å². The fraction of sp³-hybridized carbons (Fsp3) is 0.286. The Morgan fingerprint density at radius 3 is 2.63 bits per heavy atom. The van der Waals surface area contributed by atoms with Crippen molar-refractivity contribution in [3.05, 3.63) is 41.7 Å². The highest BCUT2D eigenvalue weighted by Crippen LogP contribution is 2.29. The van der Waals surface area contributed by atoms with Gasteiger partial charge in [-0.1, -0.05) is 55.5 Å². The number of benzene rings is 1. The van der Waals surface area contributed by atoms with Gasteiger partial charge < -0.3 is 5.11 Å². The molecule has 5 heteroatoms. The van der Waals surface area contributed by atoms with Crippen molar-refractivity contribution >= 4 is 16.3 Å². The van der Waals surface area contributed by atoms with E-state index in [9.17, 15) is 5.11 Å². The van der Waals surface area contributed by atoms with Gasteiger partial charge in [0, 0.05) is 5.56 Å². The van der Waals surface area contributed by atoms with Crippen LogP contribution in [-0.4, -0.2) is 19.7 Å². The van der Waals surface area contributed by atoms with Gasteiger partial charge in [-0.25, -0.2) is 9.50 Å². The Balaban J connectivity index is 2.15. The monoisotopic (exact) mass is 273 g/mol. The normalized spacial score (nSPS) is 11.6. The fourth-order valence-corrected chi connectivity index (χ4v) is 3.04. The molecule has 3 rings (SSSR count).